The van der Waals surface area contributed by atoms with Crippen molar-refractivity contribution in [3.63, 3.8) is 0 Å². The topological polar surface area (TPSA) is 0 Å². The largest absolute Gasteiger partial charge is 0.0985 e. The summed E-state index contributed by atoms with van der Waals surface area (Å²) in [6, 6.07) is 8.60. The van der Waals surface area contributed by atoms with Crippen LogP contribution >= 0.6 is 0 Å². The van der Waals surface area contributed by atoms with Gasteiger partial charge in [0.05, 0.1) is 0 Å². The first-order valence-corrected chi connectivity index (χ1v) is 5.32. The second-order valence-electron chi connectivity index (χ2n) is 4.24. The quantitative estimate of drug-likeness (QED) is 0.668. The van der Waals surface area contributed by atoms with Crippen molar-refractivity contribution < 1.29 is 0 Å². The van der Waals surface area contributed by atoms with Crippen LogP contribution in [0.5, 0.6) is 0 Å². The van der Waals surface area contributed by atoms with Gasteiger partial charge in [-0.1, -0.05) is 68.1 Å². The van der Waals surface area contributed by atoms with Gasteiger partial charge < -0.3 is 0 Å². The summed E-state index contributed by atoms with van der Waals surface area (Å²) in [6.07, 6.45) is 11.7. The minimum Gasteiger partial charge on any atom is -0.0985 e. The summed E-state index contributed by atoms with van der Waals surface area (Å²) in [4.78, 5) is 0. The van der Waals surface area contributed by atoms with Crippen LogP contribution in [-0.4, -0.2) is 0 Å². The maximum atomic E-state index is 3.81. The molecule has 0 saturated heterocycles. The highest BCUT2D eigenvalue weighted by atomic mass is 14.3. The Hall–Kier alpha value is -1.56. The Morgan fingerprint density at radius 3 is 2.87 bits per heavy atom. The van der Waals surface area contributed by atoms with Gasteiger partial charge in [-0.3, -0.25) is 0 Å². The van der Waals surface area contributed by atoms with Crippen molar-refractivity contribution in [2.75, 3.05) is 0 Å². The van der Waals surface area contributed by atoms with Gasteiger partial charge in [0.25, 0.3) is 0 Å². The molecule has 0 heterocycles. The van der Waals surface area contributed by atoms with Crippen LogP contribution < -0.4 is 0 Å². The lowest BCUT2D eigenvalue weighted by atomic mass is 9.77. The van der Waals surface area contributed by atoms with E-state index in [1.54, 1.807) is 0 Å². The second kappa shape index (κ2) is 3.90. The van der Waals surface area contributed by atoms with Crippen molar-refractivity contribution in [1.29, 1.82) is 0 Å². The first-order chi connectivity index (χ1) is 7.24. The molecular formula is C15H16. The molecule has 0 spiro atoms. The molecule has 1 aliphatic carbocycles. The van der Waals surface area contributed by atoms with Crippen molar-refractivity contribution in [3.8, 4) is 0 Å². The molecule has 1 aliphatic rings. The summed E-state index contributed by atoms with van der Waals surface area (Å²) in [5.41, 5.74) is 2.70. The molecule has 15 heavy (non-hydrogen) atoms. The van der Waals surface area contributed by atoms with Crippen molar-refractivity contribution >= 4 is 6.08 Å². The second-order valence-corrected chi connectivity index (χ2v) is 4.24. The van der Waals surface area contributed by atoms with E-state index in [0.717, 1.165) is 6.42 Å². The minimum absolute atomic E-state index is 0.147. The summed E-state index contributed by atoms with van der Waals surface area (Å²) >= 11 is 0. The van der Waals surface area contributed by atoms with Gasteiger partial charge in [-0.2, -0.15) is 0 Å². The lowest BCUT2D eigenvalue weighted by Crippen LogP contribution is -2.19. The van der Waals surface area contributed by atoms with E-state index in [0.29, 0.717) is 0 Å². The van der Waals surface area contributed by atoms with Crippen LogP contribution in [-0.2, 0) is 5.41 Å². The van der Waals surface area contributed by atoms with Gasteiger partial charge in [0.1, 0.15) is 0 Å². The molecule has 0 N–H and O–H groups in total. The maximum Gasteiger partial charge on any atom is 0.0141 e. The average molecular weight is 196 g/mol. The van der Waals surface area contributed by atoms with Crippen molar-refractivity contribution in [1.82, 2.24) is 0 Å². The highest BCUT2D eigenvalue weighted by Gasteiger charge is 2.23. The van der Waals surface area contributed by atoms with E-state index in [1.807, 2.05) is 6.08 Å². The van der Waals surface area contributed by atoms with E-state index >= 15 is 0 Å². The summed E-state index contributed by atoms with van der Waals surface area (Å²) < 4.78 is 0. The first-order valence-electron chi connectivity index (χ1n) is 5.32. The SMILES string of the molecule is C=Cc1cccc(C2(C)C=CC=CC2)c1. The van der Waals surface area contributed by atoms with E-state index < -0.39 is 0 Å². The van der Waals surface area contributed by atoms with E-state index in [-0.39, 0.29) is 5.41 Å². The normalized spacial score (nSPS) is 24.1. The summed E-state index contributed by atoms with van der Waals surface area (Å²) in [7, 11) is 0. The fourth-order valence-electron chi connectivity index (χ4n) is 1.96. The van der Waals surface area contributed by atoms with Crippen LogP contribution in [0.4, 0.5) is 0 Å². The molecule has 0 radical (unpaired) electrons. The van der Waals surface area contributed by atoms with Gasteiger partial charge in [0.2, 0.25) is 0 Å². The van der Waals surface area contributed by atoms with Crippen molar-refractivity contribution in [2.24, 2.45) is 0 Å². The standard InChI is InChI=1S/C15H16/c1-3-13-8-7-9-14(12-13)15(2)10-5-4-6-11-15/h3-10,12H,1,11H2,2H3. The average Bonchev–Trinajstić information content (AvgIpc) is 2.30. The Morgan fingerprint density at radius 1 is 1.33 bits per heavy atom. The fourth-order valence-corrected chi connectivity index (χ4v) is 1.96. The minimum atomic E-state index is 0.147. The molecule has 76 valence electrons. The number of allylic oxidation sites excluding steroid dienone is 4. The van der Waals surface area contributed by atoms with E-state index in [4.69, 9.17) is 0 Å². The van der Waals surface area contributed by atoms with Crippen molar-refractivity contribution in [2.45, 2.75) is 18.8 Å². The molecular weight excluding hydrogens is 180 g/mol. The number of benzene rings is 1. The highest BCUT2D eigenvalue weighted by molar-refractivity contribution is 5.50. The van der Waals surface area contributed by atoms with Gasteiger partial charge >= 0.3 is 0 Å². The zero-order valence-corrected chi connectivity index (χ0v) is 9.11. The van der Waals surface area contributed by atoms with Gasteiger partial charge in [-0.15, -0.1) is 0 Å². The Balaban J connectivity index is 2.40. The molecule has 0 fully saturated rings. The zero-order valence-electron chi connectivity index (χ0n) is 9.11. The van der Waals surface area contributed by atoms with E-state index in [1.165, 1.54) is 11.1 Å². The molecule has 0 saturated carbocycles. The molecule has 1 atom stereocenters. The third kappa shape index (κ3) is 1.94. The molecule has 0 heteroatoms. The summed E-state index contributed by atoms with van der Waals surface area (Å²) in [5, 5.41) is 0. The maximum absolute atomic E-state index is 3.81. The van der Waals surface area contributed by atoms with Gasteiger partial charge in [-0.25, -0.2) is 0 Å². The number of rotatable bonds is 2. The Labute approximate surface area is 91.6 Å². The smallest absolute Gasteiger partial charge is 0.0141 e. The molecule has 1 unspecified atom stereocenters. The van der Waals surface area contributed by atoms with Gasteiger partial charge in [0, 0.05) is 5.41 Å². The van der Waals surface area contributed by atoms with Crippen molar-refractivity contribution in [3.05, 3.63) is 66.3 Å². The Bertz CT molecular complexity index is 423. The molecule has 2 rings (SSSR count). The molecule has 0 nitrogen and oxygen atoms in total. The van der Waals surface area contributed by atoms with Crippen LogP contribution in [0.1, 0.15) is 24.5 Å². The van der Waals surface area contributed by atoms with E-state index in [2.05, 4.69) is 62.1 Å². The number of hydrogen-bond acceptors (Lipinski definition) is 0. The Kier molecular flexibility index (Phi) is 2.59. The molecule has 0 aromatic heterocycles. The molecule has 1 aromatic rings. The fraction of sp³-hybridized carbons (Fsp3) is 0.200. The monoisotopic (exact) mass is 196 g/mol. The first kappa shape index (κ1) is 9.97. The third-order valence-electron chi connectivity index (χ3n) is 3.03. The van der Waals surface area contributed by atoms with Crippen LogP contribution in [0.15, 0.2) is 55.1 Å². The lowest BCUT2D eigenvalue weighted by molar-refractivity contribution is 0.599. The predicted octanol–water partition coefficient (Wildman–Crippen LogP) is 4.10. The highest BCUT2D eigenvalue weighted by Crippen LogP contribution is 2.32. The predicted molar refractivity (Wildman–Crippen MR) is 66.8 cm³/mol. The van der Waals surface area contributed by atoms with Gasteiger partial charge in [0.15, 0.2) is 0 Å². The van der Waals surface area contributed by atoms with E-state index in [9.17, 15) is 0 Å². The zero-order chi connectivity index (χ0) is 10.7. The van der Waals surface area contributed by atoms with Crippen LogP contribution in [0, 0.1) is 0 Å². The third-order valence-corrected chi connectivity index (χ3v) is 3.03. The summed E-state index contributed by atoms with van der Waals surface area (Å²) in [5.74, 6) is 0. The Morgan fingerprint density at radius 2 is 2.20 bits per heavy atom. The summed E-state index contributed by atoms with van der Waals surface area (Å²) in [6.45, 7) is 6.08. The van der Waals surface area contributed by atoms with Crippen LogP contribution in [0.2, 0.25) is 0 Å². The molecule has 0 bridgehead atoms. The van der Waals surface area contributed by atoms with Crippen LogP contribution in [0.3, 0.4) is 0 Å². The molecule has 0 aliphatic heterocycles. The van der Waals surface area contributed by atoms with Crippen LogP contribution in [0.25, 0.3) is 6.08 Å². The number of hydrogen-bond donors (Lipinski definition) is 0. The van der Waals surface area contributed by atoms with Gasteiger partial charge in [-0.05, 0) is 17.5 Å². The molecule has 0 amide bonds. The lowest BCUT2D eigenvalue weighted by Gasteiger charge is -2.27. The molecule has 1 aromatic carbocycles.